The van der Waals surface area contributed by atoms with Crippen molar-refractivity contribution in [2.24, 2.45) is 16.5 Å². The number of anilines is 1. The highest BCUT2D eigenvalue weighted by molar-refractivity contribution is 7.90. The summed E-state index contributed by atoms with van der Waals surface area (Å²) >= 11 is 0. The van der Waals surface area contributed by atoms with Crippen LogP contribution in [0.25, 0.3) is 0 Å². The quantitative estimate of drug-likeness (QED) is 0.445. The first-order valence-electron chi connectivity index (χ1n) is 10.6. The van der Waals surface area contributed by atoms with E-state index in [1.807, 2.05) is 19.2 Å². The van der Waals surface area contributed by atoms with Crippen molar-refractivity contribution in [3.8, 4) is 0 Å². The molecule has 0 spiro atoms. The van der Waals surface area contributed by atoms with Crippen molar-refractivity contribution in [3.05, 3.63) is 58.7 Å². The molecule has 0 atom stereocenters. The molecule has 1 heterocycles. The van der Waals surface area contributed by atoms with Crippen molar-refractivity contribution < 1.29 is 18.0 Å². The van der Waals surface area contributed by atoms with Crippen LogP contribution < -0.4 is 16.8 Å². The van der Waals surface area contributed by atoms with Crippen molar-refractivity contribution in [1.82, 2.24) is 4.90 Å². The molecule has 5 N–H and O–H groups in total. The minimum Gasteiger partial charge on any atom is -0.388 e. The van der Waals surface area contributed by atoms with Gasteiger partial charge in [0, 0.05) is 43.2 Å². The van der Waals surface area contributed by atoms with Gasteiger partial charge in [0.15, 0.2) is 15.8 Å². The van der Waals surface area contributed by atoms with Crippen molar-refractivity contribution in [2.75, 3.05) is 31.7 Å². The minimum absolute atomic E-state index is 0.0474. The second kappa shape index (κ2) is 9.62. The van der Waals surface area contributed by atoms with Crippen LogP contribution in [0.3, 0.4) is 0 Å². The summed E-state index contributed by atoms with van der Waals surface area (Å²) in [7, 11) is -1.80. The normalized spacial score (nSPS) is 14.6. The van der Waals surface area contributed by atoms with Gasteiger partial charge in [-0.1, -0.05) is 6.07 Å². The Morgan fingerprint density at radius 3 is 2.21 bits per heavy atom. The molecule has 2 aromatic rings. The fourth-order valence-electron chi connectivity index (χ4n) is 4.11. The summed E-state index contributed by atoms with van der Waals surface area (Å²) in [6.07, 6.45) is 2.34. The molecular weight excluding hydrogens is 442 g/mol. The Labute approximate surface area is 193 Å². The highest BCUT2D eigenvalue weighted by atomic mass is 32.2. The van der Waals surface area contributed by atoms with Gasteiger partial charge < -0.3 is 21.7 Å². The monoisotopic (exact) mass is 471 g/mol. The summed E-state index contributed by atoms with van der Waals surface area (Å²) in [5, 5.41) is 3.02. The molecule has 1 aliphatic rings. The number of aryl methyl sites for hydroxylation is 1. The zero-order chi connectivity index (χ0) is 24.3. The van der Waals surface area contributed by atoms with Gasteiger partial charge in [0.25, 0.3) is 11.8 Å². The van der Waals surface area contributed by atoms with Crippen LogP contribution >= 0.6 is 0 Å². The number of nitrogens with one attached hydrogen (secondary N) is 1. The van der Waals surface area contributed by atoms with Crippen LogP contribution in [0.1, 0.15) is 50.6 Å². The van der Waals surface area contributed by atoms with E-state index >= 15 is 0 Å². The van der Waals surface area contributed by atoms with Crippen LogP contribution in [0.4, 0.5) is 5.69 Å². The molecule has 3 rings (SSSR count). The molecule has 33 heavy (non-hydrogen) atoms. The summed E-state index contributed by atoms with van der Waals surface area (Å²) in [6, 6.07) is 10.4. The summed E-state index contributed by atoms with van der Waals surface area (Å²) in [5.41, 5.74) is 13.5. The van der Waals surface area contributed by atoms with E-state index in [1.165, 1.54) is 6.07 Å². The van der Waals surface area contributed by atoms with Gasteiger partial charge in [-0.05, 0) is 67.1 Å². The SMILES string of the molecule is CNc1ccc(C(=O)N2CCC(c3cc(C)c(C(=O)N=C(N)N)cc3S(C)(=O)=O)CC2)cc1. The maximum Gasteiger partial charge on any atom is 0.280 e. The maximum absolute atomic E-state index is 12.9. The Morgan fingerprint density at radius 2 is 1.70 bits per heavy atom. The van der Waals surface area contributed by atoms with Crippen LogP contribution in [0.5, 0.6) is 0 Å². The number of hydrogen-bond acceptors (Lipinski definition) is 5. The molecule has 1 saturated heterocycles. The van der Waals surface area contributed by atoms with E-state index in [-0.39, 0.29) is 28.2 Å². The molecule has 2 aromatic carbocycles. The van der Waals surface area contributed by atoms with Crippen molar-refractivity contribution >= 4 is 33.3 Å². The molecule has 0 aromatic heterocycles. The van der Waals surface area contributed by atoms with Gasteiger partial charge in [-0.25, -0.2) is 8.42 Å². The zero-order valence-corrected chi connectivity index (χ0v) is 19.8. The largest absolute Gasteiger partial charge is 0.388 e. The molecule has 0 unspecified atom stereocenters. The van der Waals surface area contributed by atoms with E-state index in [4.69, 9.17) is 11.5 Å². The molecule has 0 radical (unpaired) electrons. The number of benzene rings is 2. The van der Waals surface area contributed by atoms with Crippen LogP contribution in [-0.2, 0) is 9.84 Å². The molecule has 2 amide bonds. The molecule has 1 fully saturated rings. The molecule has 1 aliphatic heterocycles. The number of hydrogen-bond donors (Lipinski definition) is 3. The van der Waals surface area contributed by atoms with Crippen molar-refractivity contribution in [1.29, 1.82) is 0 Å². The molecule has 0 aliphatic carbocycles. The molecule has 10 heteroatoms. The molecule has 9 nitrogen and oxygen atoms in total. The number of carbonyl (C=O) groups excluding carboxylic acids is 2. The van der Waals surface area contributed by atoms with Crippen LogP contribution in [-0.4, -0.2) is 57.5 Å². The van der Waals surface area contributed by atoms with Gasteiger partial charge in [0.05, 0.1) is 4.90 Å². The first-order chi connectivity index (χ1) is 15.5. The van der Waals surface area contributed by atoms with Gasteiger partial charge in [0.2, 0.25) is 0 Å². The number of likely N-dealkylation sites (tertiary alicyclic amines) is 1. The predicted octanol–water partition coefficient (Wildman–Crippen LogP) is 1.87. The smallest absolute Gasteiger partial charge is 0.280 e. The van der Waals surface area contributed by atoms with Gasteiger partial charge in [0.1, 0.15) is 0 Å². The first-order valence-corrected chi connectivity index (χ1v) is 12.5. The topological polar surface area (TPSA) is 148 Å². The Hall–Kier alpha value is -3.40. The summed E-state index contributed by atoms with van der Waals surface area (Å²) in [4.78, 5) is 30.6. The average Bonchev–Trinajstić information content (AvgIpc) is 2.77. The van der Waals surface area contributed by atoms with Gasteiger partial charge >= 0.3 is 0 Å². The van der Waals surface area contributed by atoms with E-state index in [0.29, 0.717) is 42.6 Å². The number of nitrogens with zero attached hydrogens (tertiary/aromatic N) is 2. The lowest BCUT2D eigenvalue weighted by Gasteiger charge is -2.33. The number of piperidine rings is 1. The average molecular weight is 472 g/mol. The fraction of sp³-hybridized carbons (Fsp3) is 0.348. The number of guanidine groups is 1. The number of nitrogens with two attached hydrogens (primary N) is 2. The Balaban J connectivity index is 1.84. The predicted molar refractivity (Wildman–Crippen MR) is 128 cm³/mol. The summed E-state index contributed by atoms with van der Waals surface area (Å²) in [6.45, 7) is 2.74. The molecule has 176 valence electrons. The standard InChI is InChI=1S/C23H29N5O4S/c1-14-12-19(20(33(3,31)32)13-18(14)21(29)27-23(24)25)15-8-10-28(11-9-15)22(30)16-4-6-17(26-2)7-5-16/h4-7,12-13,15,26H,8-11H2,1-3H3,(H4,24,25,27,29). The number of aliphatic imine (C=N–C) groups is 1. The van der Waals surface area contributed by atoms with Gasteiger partial charge in [-0.15, -0.1) is 0 Å². The van der Waals surface area contributed by atoms with Crippen molar-refractivity contribution in [3.63, 3.8) is 0 Å². The Morgan fingerprint density at radius 1 is 1.09 bits per heavy atom. The third-order valence-electron chi connectivity index (χ3n) is 5.86. The van der Waals surface area contributed by atoms with Gasteiger partial charge in [-0.2, -0.15) is 4.99 Å². The lowest BCUT2D eigenvalue weighted by atomic mass is 9.87. The Kier molecular flexibility index (Phi) is 7.06. The number of sulfone groups is 1. The molecular formula is C23H29N5O4S. The number of rotatable bonds is 5. The molecule has 0 bridgehead atoms. The van der Waals surface area contributed by atoms with Gasteiger partial charge in [-0.3, -0.25) is 9.59 Å². The lowest BCUT2D eigenvalue weighted by molar-refractivity contribution is 0.0712. The Bertz CT molecular complexity index is 1190. The van der Waals surface area contributed by atoms with E-state index in [0.717, 1.165) is 11.9 Å². The first kappa shape index (κ1) is 24.2. The highest BCUT2D eigenvalue weighted by Crippen LogP contribution is 2.35. The van der Waals surface area contributed by atoms with Crippen LogP contribution in [0, 0.1) is 6.92 Å². The summed E-state index contributed by atoms with van der Waals surface area (Å²) < 4.78 is 25.1. The van der Waals surface area contributed by atoms with E-state index < -0.39 is 15.7 Å². The number of amides is 2. The lowest BCUT2D eigenvalue weighted by Crippen LogP contribution is -2.38. The van der Waals surface area contributed by atoms with E-state index in [2.05, 4.69) is 10.3 Å². The van der Waals surface area contributed by atoms with Crippen LogP contribution in [0.15, 0.2) is 46.3 Å². The van der Waals surface area contributed by atoms with E-state index in [1.54, 1.807) is 30.0 Å². The maximum atomic E-state index is 12.9. The minimum atomic E-state index is -3.61. The second-order valence-electron chi connectivity index (χ2n) is 8.21. The highest BCUT2D eigenvalue weighted by Gasteiger charge is 2.29. The number of carbonyl (C=O) groups is 2. The fourth-order valence-corrected chi connectivity index (χ4v) is 5.10. The second-order valence-corrected chi connectivity index (χ2v) is 10.2. The zero-order valence-electron chi connectivity index (χ0n) is 19.0. The third kappa shape index (κ3) is 5.51. The summed E-state index contributed by atoms with van der Waals surface area (Å²) in [5.74, 6) is -1.18. The third-order valence-corrected chi connectivity index (χ3v) is 7.01. The molecule has 0 saturated carbocycles. The van der Waals surface area contributed by atoms with Crippen LogP contribution in [0.2, 0.25) is 0 Å². The van der Waals surface area contributed by atoms with Crippen molar-refractivity contribution in [2.45, 2.75) is 30.6 Å². The van der Waals surface area contributed by atoms with E-state index in [9.17, 15) is 18.0 Å².